The maximum Gasteiger partial charge on any atom is 0.145 e. The highest BCUT2D eigenvalue weighted by atomic mass is 32.1. The van der Waals surface area contributed by atoms with Crippen molar-refractivity contribution in [3.05, 3.63) is 170 Å². The monoisotopic (exact) mass is 680 g/mol. The maximum absolute atomic E-state index is 6.61. The van der Waals surface area contributed by atoms with Crippen LogP contribution in [0.15, 0.2) is 174 Å². The second-order valence-electron chi connectivity index (χ2n) is 13.7. The van der Waals surface area contributed by atoms with E-state index in [0.29, 0.717) is 0 Å². The number of aromatic nitrogens is 2. The van der Waals surface area contributed by atoms with Crippen molar-refractivity contribution in [2.24, 2.45) is 0 Å². The molecule has 0 spiro atoms. The smallest absolute Gasteiger partial charge is 0.145 e. The number of hydrogen-bond acceptors (Lipinski definition) is 2. The van der Waals surface area contributed by atoms with E-state index in [1.807, 2.05) is 17.4 Å². The summed E-state index contributed by atoms with van der Waals surface area (Å²) in [6.45, 7) is 0. The Balaban J connectivity index is 1.16. The second-order valence-corrected chi connectivity index (χ2v) is 14.7. The summed E-state index contributed by atoms with van der Waals surface area (Å²) < 4.78 is 14.1. The van der Waals surface area contributed by atoms with Gasteiger partial charge in [-0.15, -0.1) is 11.3 Å². The van der Waals surface area contributed by atoms with Crippen LogP contribution >= 0.6 is 11.3 Å². The van der Waals surface area contributed by atoms with E-state index in [4.69, 9.17) is 4.42 Å². The van der Waals surface area contributed by atoms with Crippen LogP contribution in [0, 0.1) is 0 Å². The summed E-state index contributed by atoms with van der Waals surface area (Å²) in [4.78, 5) is 0. The molecule has 0 unspecified atom stereocenters. The first-order valence-electron chi connectivity index (χ1n) is 17.7. The lowest BCUT2D eigenvalue weighted by atomic mass is 10.0. The van der Waals surface area contributed by atoms with Gasteiger partial charge < -0.3 is 13.6 Å². The van der Waals surface area contributed by atoms with E-state index < -0.39 is 0 Å². The molecule has 12 aromatic rings. The zero-order valence-corrected chi connectivity index (χ0v) is 28.7. The number of fused-ring (bicyclic) bond motifs is 14. The summed E-state index contributed by atoms with van der Waals surface area (Å²) >= 11 is 1.90. The Hall–Kier alpha value is -6.62. The van der Waals surface area contributed by atoms with Crippen molar-refractivity contribution in [2.75, 3.05) is 0 Å². The molecule has 0 atom stereocenters. The van der Waals surface area contributed by atoms with E-state index in [9.17, 15) is 0 Å². The second kappa shape index (κ2) is 10.5. The Morgan fingerprint density at radius 2 is 0.981 bits per heavy atom. The van der Waals surface area contributed by atoms with Gasteiger partial charge in [0.15, 0.2) is 0 Å². The summed E-state index contributed by atoms with van der Waals surface area (Å²) in [5.41, 5.74) is 11.3. The normalized spacial score (nSPS) is 12.2. The van der Waals surface area contributed by atoms with Crippen LogP contribution < -0.4 is 0 Å². The first-order chi connectivity index (χ1) is 25.8. The third-order valence-corrected chi connectivity index (χ3v) is 12.1. The van der Waals surface area contributed by atoms with E-state index in [1.54, 1.807) is 0 Å². The predicted octanol–water partition coefficient (Wildman–Crippen LogP) is 13.8. The van der Waals surface area contributed by atoms with Crippen molar-refractivity contribution in [3.8, 4) is 22.5 Å². The number of nitrogens with zero attached hydrogens (tertiary/aromatic N) is 2. The van der Waals surface area contributed by atoms with E-state index in [1.165, 1.54) is 64.2 Å². The van der Waals surface area contributed by atoms with Gasteiger partial charge in [0, 0.05) is 58.5 Å². The Kier molecular flexibility index (Phi) is 5.65. The number of rotatable bonds is 3. The molecule has 0 fully saturated rings. The van der Waals surface area contributed by atoms with E-state index in [2.05, 4.69) is 173 Å². The first-order valence-corrected chi connectivity index (χ1v) is 18.5. The third kappa shape index (κ3) is 3.79. The van der Waals surface area contributed by atoms with Gasteiger partial charge in [-0.2, -0.15) is 0 Å². The molecule has 0 saturated heterocycles. The van der Waals surface area contributed by atoms with Crippen LogP contribution in [0.2, 0.25) is 0 Å². The third-order valence-electron chi connectivity index (χ3n) is 10.9. The average Bonchev–Trinajstić information content (AvgIpc) is 3.95. The van der Waals surface area contributed by atoms with Crippen LogP contribution in [-0.4, -0.2) is 9.13 Å². The lowest BCUT2D eigenvalue weighted by Gasteiger charge is -2.10. The standard InChI is InChI=1S/C48H28N2OS/c1-3-11-31(12-4-1)49-39-24-20-29(27-38(39)46-41(49)26-23-36-34-16-8-10-18-44(34)52-48(36)46)30-19-21-37-42(28-30)50(32-13-5-2-6-14-32)40-25-22-35-33-15-7-9-17-43(33)51-47(35)45(37)40/h1-28H. The quantitative estimate of drug-likeness (QED) is 0.182. The van der Waals surface area contributed by atoms with Crippen LogP contribution in [0.25, 0.3) is 108 Å². The molecular formula is C48H28N2OS. The molecule has 0 aliphatic carbocycles. The zero-order chi connectivity index (χ0) is 33.9. The lowest BCUT2D eigenvalue weighted by molar-refractivity contribution is 0.673. The van der Waals surface area contributed by atoms with Crippen LogP contribution in [0.5, 0.6) is 0 Å². The Morgan fingerprint density at radius 3 is 1.79 bits per heavy atom. The predicted molar refractivity (Wildman–Crippen MR) is 221 cm³/mol. The number of para-hydroxylation sites is 3. The Bertz CT molecular complexity index is 3400. The molecule has 0 bridgehead atoms. The number of furan rings is 1. The molecule has 12 rings (SSSR count). The fourth-order valence-corrected chi connectivity index (χ4v) is 9.90. The molecule has 0 N–H and O–H groups in total. The van der Waals surface area contributed by atoms with Gasteiger partial charge in [-0.05, 0) is 83.9 Å². The van der Waals surface area contributed by atoms with Crippen LogP contribution in [0.3, 0.4) is 0 Å². The highest BCUT2D eigenvalue weighted by Crippen LogP contribution is 2.45. The molecule has 0 amide bonds. The molecule has 4 heteroatoms. The summed E-state index contributed by atoms with van der Waals surface area (Å²) in [6, 6.07) is 61.6. The zero-order valence-electron chi connectivity index (χ0n) is 27.9. The lowest BCUT2D eigenvalue weighted by Crippen LogP contribution is -1.93. The van der Waals surface area contributed by atoms with Crippen molar-refractivity contribution >= 4 is 97.1 Å². The highest BCUT2D eigenvalue weighted by Gasteiger charge is 2.21. The Labute approximate surface area is 301 Å². The molecule has 4 aromatic heterocycles. The van der Waals surface area contributed by atoms with Crippen molar-refractivity contribution < 1.29 is 4.42 Å². The van der Waals surface area contributed by atoms with Crippen molar-refractivity contribution in [1.29, 1.82) is 0 Å². The molecule has 4 heterocycles. The Morgan fingerprint density at radius 1 is 0.385 bits per heavy atom. The SMILES string of the molecule is c1ccc(-n2c3cc(-c4ccc5c(c4)c4c6sc7ccccc7c6ccc4n5-c4ccccc4)ccc3c3c4oc5ccccc5c4ccc32)cc1. The van der Waals surface area contributed by atoms with Crippen molar-refractivity contribution in [2.45, 2.75) is 0 Å². The average molecular weight is 681 g/mol. The van der Waals surface area contributed by atoms with E-state index in [-0.39, 0.29) is 0 Å². The molecule has 52 heavy (non-hydrogen) atoms. The first kappa shape index (κ1) is 28.1. The molecule has 0 saturated carbocycles. The van der Waals surface area contributed by atoms with E-state index in [0.717, 1.165) is 44.0 Å². The molecule has 8 aromatic carbocycles. The van der Waals surface area contributed by atoms with Gasteiger partial charge in [-0.1, -0.05) is 97.1 Å². The van der Waals surface area contributed by atoms with Crippen LogP contribution in [0.1, 0.15) is 0 Å². The summed E-state index contributed by atoms with van der Waals surface area (Å²) in [7, 11) is 0. The van der Waals surface area contributed by atoms with Gasteiger partial charge in [-0.3, -0.25) is 0 Å². The fourth-order valence-electron chi connectivity index (χ4n) is 8.64. The van der Waals surface area contributed by atoms with Crippen molar-refractivity contribution in [3.63, 3.8) is 0 Å². The topological polar surface area (TPSA) is 23.0 Å². The summed E-state index contributed by atoms with van der Waals surface area (Å²) in [5, 5.41) is 9.83. The number of thiophene rings is 1. The van der Waals surface area contributed by atoms with Crippen LogP contribution in [0.4, 0.5) is 0 Å². The van der Waals surface area contributed by atoms with Gasteiger partial charge in [0.2, 0.25) is 0 Å². The van der Waals surface area contributed by atoms with Gasteiger partial charge >= 0.3 is 0 Å². The van der Waals surface area contributed by atoms with Gasteiger partial charge in [0.1, 0.15) is 11.2 Å². The molecule has 242 valence electrons. The fraction of sp³-hybridized carbons (Fsp3) is 0. The van der Waals surface area contributed by atoms with Gasteiger partial charge in [0.25, 0.3) is 0 Å². The van der Waals surface area contributed by atoms with E-state index >= 15 is 0 Å². The summed E-state index contributed by atoms with van der Waals surface area (Å²) in [6.07, 6.45) is 0. The molecule has 0 radical (unpaired) electrons. The minimum absolute atomic E-state index is 0.915. The minimum Gasteiger partial charge on any atom is -0.455 e. The molecule has 0 aliphatic heterocycles. The van der Waals surface area contributed by atoms with Crippen LogP contribution in [-0.2, 0) is 0 Å². The molecule has 3 nitrogen and oxygen atoms in total. The molecule has 0 aliphatic rings. The largest absolute Gasteiger partial charge is 0.455 e. The summed E-state index contributed by atoms with van der Waals surface area (Å²) in [5.74, 6) is 0. The van der Waals surface area contributed by atoms with Gasteiger partial charge in [-0.25, -0.2) is 0 Å². The molecular weight excluding hydrogens is 653 g/mol. The number of benzene rings is 8. The maximum atomic E-state index is 6.61. The van der Waals surface area contributed by atoms with Crippen molar-refractivity contribution in [1.82, 2.24) is 9.13 Å². The van der Waals surface area contributed by atoms with Gasteiger partial charge in [0.05, 0.1) is 27.5 Å². The number of hydrogen-bond donors (Lipinski definition) is 0. The highest BCUT2D eigenvalue weighted by molar-refractivity contribution is 7.26. The minimum atomic E-state index is 0.915.